The monoisotopic (exact) mass is 725 g/mol. The minimum atomic E-state index is -5.97. The zero-order valence-corrected chi connectivity index (χ0v) is 28.5. The van der Waals surface area contributed by atoms with Crippen molar-refractivity contribution in [3.8, 4) is 66.6 Å². The number of rotatable bonds is 13. The lowest BCUT2D eigenvalue weighted by Gasteiger charge is -2.39. The van der Waals surface area contributed by atoms with E-state index in [0.29, 0.717) is 35.4 Å². The van der Waals surface area contributed by atoms with Gasteiger partial charge in [-0.05, 0) is 66.6 Å². The van der Waals surface area contributed by atoms with Gasteiger partial charge in [-0.15, -0.1) is 25.7 Å². The predicted octanol–water partition coefficient (Wildman–Crippen LogP) is 8.75. The van der Waals surface area contributed by atoms with Crippen molar-refractivity contribution in [2.75, 3.05) is 36.5 Å². The van der Waals surface area contributed by atoms with Gasteiger partial charge in [-0.1, -0.05) is 65.6 Å². The molecule has 0 spiro atoms. The maximum atomic E-state index is 15.4. The van der Waals surface area contributed by atoms with Crippen LogP contribution in [0.5, 0.6) is 17.2 Å². The molecule has 0 heterocycles. The van der Waals surface area contributed by atoms with Crippen molar-refractivity contribution in [2.24, 2.45) is 0 Å². The first-order valence-corrected chi connectivity index (χ1v) is 15.6. The first-order valence-electron chi connectivity index (χ1n) is 15.6. The first-order chi connectivity index (χ1) is 25.2. The molecule has 0 aliphatic rings. The van der Waals surface area contributed by atoms with Crippen LogP contribution in [-0.4, -0.2) is 44.9 Å². The standard InChI is InChI=1S/C42H31F6N2O3/c1-7-23-49(24-8-2)35-27-32(17-21-37(35)52-6)40(41(43,44)45,42(46,47)48)33-18-22-38(36(28-33)50(25-9-3)26-10-4)53-34-19-15-31(16-20-34)39(51)30-13-11-29(5)12-14-30/h1-4,11-22,25,27-28H,23-24,26H2,5-6H3. The molecule has 11 heteroatoms. The molecule has 0 fully saturated rings. The number of ketones is 1. The number of nitrogens with zero attached hydrogens (tertiary/aromatic N) is 2. The van der Waals surface area contributed by atoms with Gasteiger partial charge in [-0.2, -0.15) is 26.3 Å². The van der Waals surface area contributed by atoms with Crippen LogP contribution < -0.4 is 19.3 Å². The van der Waals surface area contributed by atoms with Crippen LogP contribution >= 0.6 is 0 Å². The maximum absolute atomic E-state index is 15.4. The summed E-state index contributed by atoms with van der Waals surface area (Å²) in [5, 5.41) is 0. The highest BCUT2D eigenvalue weighted by Gasteiger charge is 2.72. The number of hydrogen-bond donors (Lipinski definition) is 0. The molecule has 0 unspecified atom stereocenters. The second-order valence-corrected chi connectivity index (χ2v) is 11.5. The van der Waals surface area contributed by atoms with E-state index in [4.69, 9.17) is 35.2 Å². The molecule has 53 heavy (non-hydrogen) atoms. The Hall–Kier alpha value is -6.43. The Bertz CT molecular complexity index is 2060. The molecule has 5 nitrogen and oxygen atoms in total. The maximum Gasteiger partial charge on any atom is 0.411 e. The zero-order valence-electron chi connectivity index (χ0n) is 28.5. The van der Waals surface area contributed by atoms with Crippen LogP contribution in [0.25, 0.3) is 0 Å². The third-order valence-corrected chi connectivity index (χ3v) is 8.22. The van der Waals surface area contributed by atoms with E-state index >= 15 is 26.3 Å². The summed E-state index contributed by atoms with van der Waals surface area (Å²) in [5.74, 6) is 8.70. The summed E-state index contributed by atoms with van der Waals surface area (Å²) in [6.07, 6.45) is 9.93. The van der Waals surface area contributed by atoms with Crippen molar-refractivity contribution in [1.82, 2.24) is 0 Å². The number of ether oxygens (including phenoxy) is 2. The van der Waals surface area contributed by atoms with E-state index < -0.39 is 28.9 Å². The molecule has 1 radical (unpaired) electrons. The Labute approximate surface area is 304 Å². The number of aryl methyl sites for hydroxylation is 1. The smallest absolute Gasteiger partial charge is 0.411 e. The van der Waals surface area contributed by atoms with Crippen molar-refractivity contribution < 1.29 is 40.6 Å². The van der Waals surface area contributed by atoms with Gasteiger partial charge >= 0.3 is 12.4 Å². The molecule has 269 valence electrons. The number of methoxy groups -OCH3 is 1. The summed E-state index contributed by atoms with van der Waals surface area (Å²) >= 11 is 0. The number of terminal acetylenes is 4. The van der Waals surface area contributed by atoms with E-state index in [1.165, 1.54) is 36.3 Å². The van der Waals surface area contributed by atoms with Crippen LogP contribution in [-0.2, 0) is 5.41 Å². The third-order valence-electron chi connectivity index (χ3n) is 8.22. The molecule has 0 aromatic heterocycles. The third kappa shape index (κ3) is 8.06. The average Bonchev–Trinajstić information content (AvgIpc) is 3.11. The van der Waals surface area contributed by atoms with Gasteiger partial charge in [0.25, 0.3) is 0 Å². The molecule has 0 aliphatic heterocycles. The second kappa shape index (κ2) is 16.3. The average molecular weight is 726 g/mol. The van der Waals surface area contributed by atoms with Gasteiger partial charge < -0.3 is 19.3 Å². The van der Waals surface area contributed by atoms with Crippen LogP contribution in [0, 0.1) is 62.8 Å². The van der Waals surface area contributed by atoms with Gasteiger partial charge in [0, 0.05) is 11.1 Å². The molecule has 0 bridgehead atoms. The molecule has 4 rings (SSSR count). The zero-order chi connectivity index (χ0) is 39.0. The van der Waals surface area contributed by atoms with E-state index in [0.717, 1.165) is 29.1 Å². The lowest BCUT2D eigenvalue weighted by Crippen LogP contribution is -2.54. The minimum Gasteiger partial charge on any atom is -0.495 e. The molecule has 0 saturated carbocycles. The lowest BCUT2D eigenvalue weighted by atomic mass is 9.72. The number of hydrogen-bond acceptors (Lipinski definition) is 5. The molecule has 4 aromatic rings. The van der Waals surface area contributed by atoms with Crippen LogP contribution in [0.3, 0.4) is 0 Å². The van der Waals surface area contributed by atoms with Crippen molar-refractivity contribution in [3.05, 3.63) is 119 Å². The van der Waals surface area contributed by atoms with E-state index in [2.05, 4.69) is 23.7 Å². The fourth-order valence-corrected chi connectivity index (χ4v) is 5.72. The summed E-state index contributed by atoms with van der Waals surface area (Å²) in [6, 6.07) is 17.4. The summed E-state index contributed by atoms with van der Waals surface area (Å²) in [5.41, 5.74) is -5.78. The van der Waals surface area contributed by atoms with Crippen LogP contribution in [0.4, 0.5) is 37.7 Å². The Balaban J connectivity index is 1.93. The quantitative estimate of drug-likeness (QED) is 0.0784. The van der Waals surface area contributed by atoms with Crippen LogP contribution in [0.1, 0.15) is 32.6 Å². The summed E-state index contributed by atoms with van der Waals surface area (Å²) in [7, 11) is 1.20. The predicted molar refractivity (Wildman–Crippen MR) is 193 cm³/mol. The van der Waals surface area contributed by atoms with Gasteiger partial charge in [0.05, 0.1) is 38.1 Å². The molecule has 0 amide bonds. The fourth-order valence-electron chi connectivity index (χ4n) is 5.72. The summed E-state index contributed by atoms with van der Waals surface area (Å²) < 4.78 is 104. The van der Waals surface area contributed by atoms with Crippen LogP contribution in [0.2, 0.25) is 0 Å². The number of halogens is 6. The van der Waals surface area contributed by atoms with Crippen molar-refractivity contribution in [1.29, 1.82) is 0 Å². The van der Waals surface area contributed by atoms with E-state index in [1.807, 2.05) is 6.92 Å². The fraction of sp³-hybridized carbons (Fsp3) is 0.190. The number of alkyl halides is 6. The molecule has 4 aromatic carbocycles. The molecule has 0 atom stereocenters. The summed E-state index contributed by atoms with van der Waals surface area (Å²) in [4.78, 5) is 15.3. The molecular weight excluding hydrogens is 694 g/mol. The molecule has 0 aliphatic carbocycles. The van der Waals surface area contributed by atoms with E-state index in [1.54, 1.807) is 24.3 Å². The Kier molecular flexibility index (Phi) is 12.1. The van der Waals surface area contributed by atoms with Gasteiger partial charge in [0.2, 0.25) is 5.41 Å². The molecule has 0 saturated heterocycles. The highest BCUT2D eigenvalue weighted by molar-refractivity contribution is 6.09. The van der Waals surface area contributed by atoms with E-state index in [9.17, 15) is 4.79 Å². The Morgan fingerprint density at radius 2 is 1.19 bits per heavy atom. The van der Waals surface area contributed by atoms with Crippen LogP contribution in [0.15, 0.2) is 84.9 Å². The highest BCUT2D eigenvalue weighted by Crippen LogP contribution is 2.58. The topological polar surface area (TPSA) is 42.0 Å². The summed E-state index contributed by atoms with van der Waals surface area (Å²) in [6.45, 7) is 2.11. The number of carbonyl (C=O) groups excluding carboxylic acids is 1. The van der Waals surface area contributed by atoms with Gasteiger partial charge in [0.1, 0.15) is 18.0 Å². The Morgan fingerprint density at radius 3 is 1.66 bits per heavy atom. The highest BCUT2D eigenvalue weighted by atomic mass is 19.4. The first kappa shape index (κ1) is 39.4. The molecule has 0 N–H and O–H groups in total. The second-order valence-electron chi connectivity index (χ2n) is 11.5. The normalized spacial score (nSPS) is 11.3. The van der Waals surface area contributed by atoms with Crippen molar-refractivity contribution in [3.63, 3.8) is 0 Å². The van der Waals surface area contributed by atoms with Gasteiger partial charge in [-0.3, -0.25) is 4.79 Å². The van der Waals surface area contributed by atoms with Crippen molar-refractivity contribution in [2.45, 2.75) is 24.7 Å². The number of benzene rings is 4. The van der Waals surface area contributed by atoms with Gasteiger partial charge in [-0.25, -0.2) is 0 Å². The SMILES string of the molecule is C#C[CH]N(CC#C)c1cc(C(c2ccc(OC)c(N(CC#C)CC#C)c2)(C(F)(F)F)C(F)(F)F)ccc1Oc1ccc(C(=O)c2ccc(C)cc2)cc1. The number of carbonyl (C=O) groups is 1. The van der Waals surface area contributed by atoms with E-state index in [-0.39, 0.29) is 54.0 Å². The molecular formula is C42H31F6N2O3. The minimum absolute atomic E-state index is 0.0580. The Morgan fingerprint density at radius 1 is 0.698 bits per heavy atom. The van der Waals surface area contributed by atoms with Gasteiger partial charge in [0.15, 0.2) is 11.5 Å². The number of anilines is 2. The largest absolute Gasteiger partial charge is 0.495 e. The lowest BCUT2D eigenvalue weighted by molar-refractivity contribution is -0.288. The van der Waals surface area contributed by atoms with Crippen molar-refractivity contribution >= 4 is 17.2 Å².